The molecular weight excluding hydrogens is 334 g/mol. The number of hydrogen-bond acceptors (Lipinski definition) is 5. The summed E-state index contributed by atoms with van der Waals surface area (Å²) >= 11 is 1.72. The van der Waals surface area contributed by atoms with E-state index < -0.39 is 0 Å². The van der Waals surface area contributed by atoms with Crippen LogP contribution < -0.4 is 0 Å². The van der Waals surface area contributed by atoms with E-state index in [1.54, 1.807) is 34.6 Å². The summed E-state index contributed by atoms with van der Waals surface area (Å²) in [5.74, 6) is 0.577. The van der Waals surface area contributed by atoms with Crippen molar-refractivity contribution in [3.05, 3.63) is 53.4 Å². The van der Waals surface area contributed by atoms with Gasteiger partial charge in [0.15, 0.2) is 0 Å². The molecular formula is C18H19N5OS. The van der Waals surface area contributed by atoms with E-state index in [1.165, 1.54) is 5.01 Å². The van der Waals surface area contributed by atoms with Gasteiger partial charge >= 0.3 is 0 Å². The maximum Gasteiger partial charge on any atom is 0.244 e. The second kappa shape index (κ2) is 7.14. The Hall–Kier alpha value is -2.54. The minimum atomic E-state index is 0.138. The quantitative estimate of drug-likeness (QED) is 0.723. The molecule has 1 amide bonds. The summed E-state index contributed by atoms with van der Waals surface area (Å²) in [7, 11) is 0. The highest BCUT2D eigenvalue weighted by Crippen LogP contribution is 2.32. The second-order valence-electron chi connectivity index (χ2n) is 6.17. The smallest absolute Gasteiger partial charge is 0.244 e. The summed E-state index contributed by atoms with van der Waals surface area (Å²) in [6.45, 7) is 1.89. The SMILES string of the molecule is O=C(Cn1cccn1)N1CCC(c2nc(-c3ccncc3)cs2)CC1. The Morgan fingerprint density at radius 1 is 1.20 bits per heavy atom. The van der Waals surface area contributed by atoms with Crippen molar-refractivity contribution in [3.63, 3.8) is 0 Å². The van der Waals surface area contributed by atoms with Gasteiger partial charge in [0.1, 0.15) is 6.54 Å². The summed E-state index contributed by atoms with van der Waals surface area (Å²) < 4.78 is 1.68. The Morgan fingerprint density at radius 2 is 2.00 bits per heavy atom. The molecule has 7 heteroatoms. The molecule has 1 fully saturated rings. The molecule has 1 aliphatic rings. The lowest BCUT2D eigenvalue weighted by molar-refractivity contribution is -0.133. The highest BCUT2D eigenvalue weighted by atomic mass is 32.1. The number of nitrogens with zero attached hydrogens (tertiary/aromatic N) is 5. The summed E-state index contributed by atoms with van der Waals surface area (Å²) in [6, 6.07) is 5.80. The number of thiazole rings is 1. The Bertz CT molecular complexity index is 822. The Kier molecular flexibility index (Phi) is 4.56. The first kappa shape index (κ1) is 16.0. The van der Waals surface area contributed by atoms with E-state index in [0.29, 0.717) is 12.5 Å². The normalized spacial score (nSPS) is 15.4. The number of piperidine rings is 1. The van der Waals surface area contributed by atoms with Crippen LogP contribution in [0.5, 0.6) is 0 Å². The van der Waals surface area contributed by atoms with E-state index in [4.69, 9.17) is 4.98 Å². The maximum atomic E-state index is 12.3. The summed E-state index contributed by atoms with van der Waals surface area (Å²) in [6.07, 6.45) is 9.03. The fourth-order valence-electron chi connectivity index (χ4n) is 3.14. The average Bonchev–Trinajstić information content (AvgIpc) is 3.34. The molecule has 1 saturated heterocycles. The molecule has 0 aromatic carbocycles. The van der Waals surface area contributed by atoms with Crippen molar-refractivity contribution in [2.45, 2.75) is 25.3 Å². The molecule has 0 N–H and O–H groups in total. The van der Waals surface area contributed by atoms with Crippen LogP contribution in [0, 0.1) is 0 Å². The van der Waals surface area contributed by atoms with Crippen LogP contribution in [0.3, 0.4) is 0 Å². The zero-order valence-electron chi connectivity index (χ0n) is 13.8. The van der Waals surface area contributed by atoms with Gasteiger partial charge in [-0.3, -0.25) is 14.5 Å². The lowest BCUT2D eigenvalue weighted by Gasteiger charge is -2.31. The van der Waals surface area contributed by atoms with Crippen LogP contribution in [0.2, 0.25) is 0 Å². The average molecular weight is 353 g/mol. The van der Waals surface area contributed by atoms with Crippen molar-refractivity contribution in [1.29, 1.82) is 0 Å². The molecule has 0 unspecified atom stereocenters. The molecule has 0 atom stereocenters. The van der Waals surface area contributed by atoms with Crippen LogP contribution in [0.4, 0.5) is 0 Å². The largest absolute Gasteiger partial charge is 0.341 e. The molecule has 0 saturated carbocycles. The molecule has 4 rings (SSSR count). The van der Waals surface area contributed by atoms with Crippen molar-refractivity contribution in [1.82, 2.24) is 24.6 Å². The van der Waals surface area contributed by atoms with Crippen molar-refractivity contribution in [2.24, 2.45) is 0 Å². The number of aromatic nitrogens is 4. The number of pyridine rings is 1. The zero-order chi connectivity index (χ0) is 17.1. The van der Waals surface area contributed by atoms with Gasteiger partial charge < -0.3 is 4.90 Å². The van der Waals surface area contributed by atoms with Gasteiger partial charge in [0.05, 0.1) is 10.7 Å². The van der Waals surface area contributed by atoms with Crippen LogP contribution in [-0.4, -0.2) is 43.6 Å². The van der Waals surface area contributed by atoms with Gasteiger partial charge in [-0.05, 0) is 31.0 Å². The number of carbonyl (C=O) groups excluding carboxylic acids is 1. The van der Waals surface area contributed by atoms with Gasteiger partial charge in [-0.25, -0.2) is 4.98 Å². The van der Waals surface area contributed by atoms with Gasteiger partial charge in [-0.2, -0.15) is 5.10 Å². The third kappa shape index (κ3) is 3.61. The number of hydrogen-bond donors (Lipinski definition) is 0. The Labute approximate surface area is 150 Å². The number of likely N-dealkylation sites (tertiary alicyclic amines) is 1. The minimum absolute atomic E-state index is 0.138. The van der Waals surface area contributed by atoms with Crippen molar-refractivity contribution >= 4 is 17.2 Å². The summed E-state index contributed by atoms with van der Waals surface area (Å²) in [5, 5.41) is 7.38. The van der Waals surface area contributed by atoms with Crippen LogP contribution in [0.25, 0.3) is 11.3 Å². The molecule has 4 heterocycles. The standard InChI is InChI=1S/C18H19N5OS/c24-17(12-23-9-1-6-20-23)22-10-4-15(5-11-22)18-21-16(13-25-18)14-2-7-19-8-3-14/h1-3,6-9,13,15H,4-5,10-12H2. The highest BCUT2D eigenvalue weighted by molar-refractivity contribution is 7.10. The van der Waals surface area contributed by atoms with E-state index in [9.17, 15) is 4.79 Å². The van der Waals surface area contributed by atoms with E-state index in [-0.39, 0.29) is 5.91 Å². The van der Waals surface area contributed by atoms with Gasteiger partial charge in [0, 0.05) is 54.7 Å². The molecule has 6 nitrogen and oxygen atoms in total. The lowest BCUT2D eigenvalue weighted by atomic mass is 9.97. The van der Waals surface area contributed by atoms with Gasteiger partial charge in [0.2, 0.25) is 5.91 Å². The Morgan fingerprint density at radius 3 is 2.72 bits per heavy atom. The molecule has 0 radical (unpaired) electrons. The first-order chi connectivity index (χ1) is 12.3. The fourth-order valence-corrected chi connectivity index (χ4v) is 4.14. The predicted octanol–water partition coefficient (Wildman–Crippen LogP) is 2.81. The third-order valence-electron chi connectivity index (χ3n) is 4.55. The van der Waals surface area contributed by atoms with Gasteiger partial charge in [0.25, 0.3) is 0 Å². The summed E-state index contributed by atoms with van der Waals surface area (Å²) in [5.41, 5.74) is 2.11. The predicted molar refractivity (Wildman–Crippen MR) is 96.1 cm³/mol. The Balaban J connectivity index is 1.36. The van der Waals surface area contributed by atoms with E-state index >= 15 is 0 Å². The number of carbonyl (C=O) groups is 1. The molecule has 1 aliphatic heterocycles. The van der Waals surface area contributed by atoms with Crippen LogP contribution >= 0.6 is 11.3 Å². The molecule has 0 aliphatic carbocycles. The molecule has 3 aromatic heterocycles. The van der Waals surface area contributed by atoms with E-state index in [2.05, 4.69) is 15.5 Å². The molecule has 25 heavy (non-hydrogen) atoms. The number of rotatable bonds is 4. The topological polar surface area (TPSA) is 63.9 Å². The van der Waals surface area contributed by atoms with E-state index in [1.807, 2.05) is 29.3 Å². The lowest BCUT2D eigenvalue weighted by Crippen LogP contribution is -2.39. The van der Waals surface area contributed by atoms with Crippen LogP contribution in [0.1, 0.15) is 23.8 Å². The summed E-state index contributed by atoms with van der Waals surface area (Å²) in [4.78, 5) is 23.1. The first-order valence-corrected chi connectivity index (χ1v) is 9.28. The third-order valence-corrected chi connectivity index (χ3v) is 5.56. The zero-order valence-corrected chi connectivity index (χ0v) is 14.6. The molecule has 0 spiro atoms. The van der Waals surface area contributed by atoms with Crippen molar-refractivity contribution < 1.29 is 4.79 Å². The van der Waals surface area contributed by atoms with Gasteiger partial charge in [-0.15, -0.1) is 11.3 Å². The monoisotopic (exact) mass is 353 g/mol. The van der Waals surface area contributed by atoms with Crippen LogP contribution in [0.15, 0.2) is 48.4 Å². The molecule has 3 aromatic rings. The van der Waals surface area contributed by atoms with E-state index in [0.717, 1.165) is 37.2 Å². The molecule has 128 valence electrons. The number of amides is 1. The minimum Gasteiger partial charge on any atom is -0.341 e. The fraction of sp³-hybridized carbons (Fsp3) is 0.333. The maximum absolute atomic E-state index is 12.3. The second-order valence-corrected chi connectivity index (χ2v) is 7.06. The highest BCUT2D eigenvalue weighted by Gasteiger charge is 2.25. The first-order valence-electron chi connectivity index (χ1n) is 8.40. The van der Waals surface area contributed by atoms with Crippen molar-refractivity contribution in [2.75, 3.05) is 13.1 Å². The molecule has 0 bridgehead atoms. The van der Waals surface area contributed by atoms with Crippen molar-refractivity contribution in [3.8, 4) is 11.3 Å². The van der Waals surface area contributed by atoms with Crippen LogP contribution in [-0.2, 0) is 11.3 Å². The van der Waals surface area contributed by atoms with Gasteiger partial charge in [-0.1, -0.05) is 0 Å².